The molecule has 78 valence electrons. The smallest absolute Gasteiger partial charge is 0.285 e. The van der Waals surface area contributed by atoms with Gasteiger partial charge in [0.2, 0.25) is 3.79 Å². The summed E-state index contributed by atoms with van der Waals surface area (Å²) in [6.45, 7) is 0. The van der Waals surface area contributed by atoms with E-state index in [0.29, 0.717) is 22.6 Å². The molecule has 0 aliphatic heterocycles. The third kappa shape index (κ3) is 2.39. The van der Waals surface area contributed by atoms with E-state index in [1.165, 1.54) is 0 Å². The molecule has 0 aliphatic rings. The van der Waals surface area contributed by atoms with Gasteiger partial charge in [-0.05, 0) is 22.6 Å². The lowest BCUT2D eigenvalue weighted by molar-refractivity contribution is -0.246. The maximum atomic E-state index is 11.9. The van der Waals surface area contributed by atoms with E-state index in [2.05, 4.69) is 0 Å². The van der Waals surface area contributed by atoms with Gasteiger partial charge in [-0.2, -0.15) is 26.3 Å². The highest BCUT2D eigenvalue weighted by Gasteiger charge is 2.73. The van der Waals surface area contributed by atoms with Crippen molar-refractivity contribution in [1.29, 1.82) is 0 Å². The van der Waals surface area contributed by atoms with Crippen LogP contribution in [0.3, 0.4) is 0 Å². The summed E-state index contributed by atoms with van der Waals surface area (Å²) in [6.07, 6.45) is -11.3. The fraction of sp³-hybridized carbons (Fsp3) is 0.750. The summed E-state index contributed by atoms with van der Waals surface area (Å²) in [4.78, 5) is 10.3. The van der Waals surface area contributed by atoms with Gasteiger partial charge in [0.25, 0.3) is 3.42 Å². The minimum absolute atomic E-state index is 0.0712. The fourth-order valence-corrected chi connectivity index (χ4v) is 0.995. The van der Waals surface area contributed by atoms with E-state index in [0.717, 1.165) is 0 Å². The largest absolute Gasteiger partial charge is 0.419 e. The Morgan fingerprint density at radius 3 is 1.15 bits per heavy atom. The molecule has 0 rings (SSSR count). The molecule has 0 aromatic heterocycles. The molecular formula is C4F6I2O. The van der Waals surface area contributed by atoms with Gasteiger partial charge < -0.3 is 0 Å². The standard InChI is InChI=1S/C4F6I2O/c5-3(6,7)2(12,1(11)13)4(8,9)10. The van der Waals surface area contributed by atoms with E-state index in [9.17, 15) is 31.1 Å². The predicted octanol–water partition coefficient (Wildman–Crippen LogP) is 3.25. The Kier molecular flexibility index (Phi) is 3.90. The Morgan fingerprint density at radius 2 is 1.15 bits per heavy atom. The number of carbonyl (C=O) groups is 1. The number of rotatable bonds is 1. The van der Waals surface area contributed by atoms with Crippen molar-refractivity contribution in [2.75, 3.05) is 0 Å². The zero-order valence-electron chi connectivity index (χ0n) is 5.43. The number of alkyl halides is 7. The van der Waals surface area contributed by atoms with E-state index in [1.54, 1.807) is 0 Å². The third-order valence-corrected chi connectivity index (χ3v) is 4.61. The highest BCUT2D eigenvalue weighted by Crippen LogP contribution is 2.51. The minimum Gasteiger partial charge on any atom is -0.285 e. The molecule has 0 aromatic carbocycles. The Hall–Kier alpha value is 0.710. The zero-order chi connectivity index (χ0) is 11.1. The van der Waals surface area contributed by atoms with Crippen molar-refractivity contribution in [3.05, 3.63) is 0 Å². The molecule has 0 heterocycles. The molecule has 0 amide bonds. The van der Waals surface area contributed by atoms with Crippen molar-refractivity contribution in [3.63, 3.8) is 0 Å². The first-order valence-electron chi connectivity index (χ1n) is 2.47. The summed E-state index contributed by atoms with van der Waals surface area (Å²) in [5.41, 5.74) is 0. The first kappa shape index (κ1) is 13.7. The van der Waals surface area contributed by atoms with Crippen molar-refractivity contribution in [3.8, 4) is 0 Å². The lowest BCUT2D eigenvalue weighted by atomic mass is 10.1. The summed E-state index contributed by atoms with van der Waals surface area (Å²) in [6, 6.07) is 0. The molecule has 1 nitrogen and oxygen atoms in total. The van der Waals surface area contributed by atoms with Crippen LogP contribution in [0, 0.1) is 0 Å². The molecule has 0 aliphatic carbocycles. The average molecular weight is 432 g/mol. The number of hydrogen-bond donors (Lipinski definition) is 0. The van der Waals surface area contributed by atoms with Crippen LogP contribution in [0.5, 0.6) is 0 Å². The van der Waals surface area contributed by atoms with Crippen molar-refractivity contribution in [2.24, 2.45) is 0 Å². The summed E-state index contributed by atoms with van der Waals surface area (Å²) >= 11 is 0.557. The van der Waals surface area contributed by atoms with Crippen molar-refractivity contribution >= 4 is 49.0 Å². The van der Waals surface area contributed by atoms with Gasteiger partial charge in [0.05, 0.1) is 0 Å². The van der Waals surface area contributed by atoms with Gasteiger partial charge >= 0.3 is 12.4 Å². The van der Waals surface area contributed by atoms with Gasteiger partial charge in [-0.1, -0.05) is 0 Å². The molecule has 0 fully saturated rings. The maximum Gasteiger partial charge on any atom is 0.419 e. The average Bonchev–Trinajstić information content (AvgIpc) is 1.80. The van der Waals surface area contributed by atoms with E-state index in [4.69, 9.17) is 0 Å². The number of carbonyl (C=O) groups excluding carboxylic acids is 1. The minimum atomic E-state index is -5.63. The van der Waals surface area contributed by atoms with Crippen LogP contribution >= 0.6 is 45.2 Å². The van der Waals surface area contributed by atoms with Gasteiger partial charge in [-0.25, -0.2) is 0 Å². The van der Waals surface area contributed by atoms with Crippen LogP contribution in [0.25, 0.3) is 0 Å². The second-order valence-corrected chi connectivity index (χ2v) is 4.53. The van der Waals surface area contributed by atoms with Crippen LogP contribution in [0.1, 0.15) is 0 Å². The summed E-state index contributed by atoms with van der Waals surface area (Å²) in [5, 5.41) is 0. The van der Waals surface area contributed by atoms with Crippen LogP contribution in [-0.4, -0.2) is 19.6 Å². The van der Waals surface area contributed by atoms with Crippen LogP contribution < -0.4 is 0 Å². The summed E-state index contributed by atoms with van der Waals surface area (Å²) in [7, 11) is 0. The van der Waals surface area contributed by atoms with E-state index in [1.807, 2.05) is 0 Å². The maximum absolute atomic E-state index is 11.9. The molecular weight excluding hydrogens is 432 g/mol. The molecule has 0 radical (unpaired) electrons. The van der Waals surface area contributed by atoms with E-state index < -0.39 is 19.6 Å². The van der Waals surface area contributed by atoms with Crippen LogP contribution in [0.2, 0.25) is 0 Å². The zero-order valence-corrected chi connectivity index (χ0v) is 9.75. The number of halogens is 8. The molecule has 9 heteroatoms. The molecule has 0 spiro atoms. The fourth-order valence-electron chi connectivity index (χ4n) is 0.384. The normalized spacial score (nSPS) is 14.5. The van der Waals surface area contributed by atoms with Gasteiger partial charge in [-0.15, -0.1) is 0 Å². The van der Waals surface area contributed by atoms with Crippen molar-refractivity contribution < 1.29 is 31.1 Å². The molecule has 0 saturated heterocycles. The van der Waals surface area contributed by atoms with E-state index >= 15 is 0 Å². The summed E-state index contributed by atoms with van der Waals surface area (Å²) in [5.74, 6) is 0. The van der Waals surface area contributed by atoms with Crippen LogP contribution in [0.15, 0.2) is 0 Å². The van der Waals surface area contributed by atoms with Gasteiger partial charge in [-0.3, -0.25) is 4.79 Å². The second kappa shape index (κ2) is 3.70. The molecule has 13 heavy (non-hydrogen) atoms. The topological polar surface area (TPSA) is 17.1 Å². The van der Waals surface area contributed by atoms with Crippen molar-refractivity contribution in [2.45, 2.75) is 15.8 Å². The molecule has 0 unspecified atom stereocenters. The van der Waals surface area contributed by atoms with Crippen LogP contribution in [-0.2, 0) is 4.79 Å². The third-order valence-electron chi connectivity index (χ3n) is 1.05. The highest BCUT2D eigenvalue weighted by atomic mass is 127. The van der Waals surface area contributed by atoms with Gasteiger partial charge in [0, 0.05) is 22.6 Å². The van der Waals surface area contributed by atoms with Gasteiger partial charge in [0.1, 0.15) is 0 Å². The van der Waals surface area contributed by atoms with Crippen LogP contribution in [0.4, 0.5) is 26.3 Å². The first-order valence-corrected chi connectivity index (χ1v) is 4.62. The van der Waals surface area contributed by atoms with Gasteiger partial charge in [0.15, 0.2) is 0 Å². The Bertz CT molecular complexity index is 204. The highest BCUT2D eigenvalue weighted by molar-refractivity contribution is 14.1. The second-order valence-electron chi connectivity index (χ2n) is 1.93. The molecule has 0 bridgehead atoms. The predicted molar refractivity (Wildman–Crippen MR) is 47.9 cm³/mol. The van der Waals surface area contributed by atoms with Crippen molar-refractivity contribution in [1.82, 2.24) is 0 Å². The molecule has 0 N–H and O–H groups in total. The number of hydrogen-bond acceptors (Lipinski definition) is 1. The Morgan fingerprint density at radius 1 is 0.923 bits per heavy atom. The molecule has 0 saturated carbocycles. The SMILES string of the molecule is O=C(I)C(I)(C(F)(F)F)C(F)(F)F. The molecule has 0 atom stereocenters. The molecule has 0 aromatic rings. The Labute approximate surface area is 95.5 Å². The lowest BCUT2D eigenvalue weighted by Crippen LogP contribution is -2.55. The monoisotopic (exact) mass is 432 g/mol. The quantitative estimate of drug-likeness (QED) is 0.270. The lowest BCUT2D eigenvalue weighted by Gasteiger charge is -2.28. The Balaban J connectivity index is 5.35. The summed E-state index contributed by atoms with van der Waals surface area (Å²) < 4.78 is 65.1. The van der Waals surface area contributed by atoms with E-state index in [-0.39, 0.29) is 22.6 Å². The first-order chi connectivity index (χ1) is 5.44.